The van der Waals surface area contributed by atoms with Gasteiger partial charge in [0.05, 0.1) is 12.0 Å². The van der Waals surface area contributed by atoms with Gasteiger partial charge in [-0.15, -0.1) is 0 Å². The summed E-state index contributed by atoms with van der Waals surface area (Å²) < 4.78 is 44.8. The minimum Gasteiger partial charge on any atom is -0.494 e. The van der Waals surface area contributed by atoms with E-state index in [1.807, 2.05) is 0 Å². The van der Waals surface area contributed by atoms with Gasteiger partial charge in [-0.2, -0.15) is 4.31 Å². The van der Waals surface area contributed by atoms with E-state index in [0.29, 0.717) is 19.4 Å². The van der Waals surface area contributed by atoms with Gasteiger partial charge in [0.2, 0.25) is 15.9 Å². The maximum atomic E-state index is 13.7. The molecule has 8 heteroatoms. The molecule has 0 radical (unpaired) electrons. The Balaban J connectivity index is 2.14. The average Bonchev–Trinajstić information content (AvgIpc) is 2.96. The lowest BCUT2D eigenvalue weighted by Crippen LogP contribution is -2.30. The van der Waals surface area contributed by atoms with Crippen molar-refractivity contribution in [2.45, 2.75) is 17.7 Å². The molecular weight excluding hydrogens is 311 g/mol. The highest BCUT2D eigenvalue weighted by Gasteiger charge is 2.33. The second-order valence-electron chi connectivity index (χ2n) is 5.19. The number of ether oxygens (including phenoxy) is 1. The average molecular weight is 330 g/mol. The fourth-order valence-electron chi connectivity index (χ4n) is 2.50. The quantitative estimate of drug-likeness (QED) is 0.873. The molecule has 1 fully saturated rings. The molecule has 1 aliphatic heterocycles. The molecule has 1 aliphatic rings. The molecule has 0 spiro atoms. The molecule has 122 valence electrons. The number of benzene rings is 1. The lowest BCUT2D eigenvalue weighted by molar-refractivity contribution is -0.121. The lowest BCUT2D eigenvalue weighted by atomic mass is 10.1. The van der Waals surface area contributed by atoms with Gasteiger partial charge in [-0.3, -0.25) is 4.79 Å². The van der Waals surface area contributed by atoms with Crippen LogP contribution >= 0.6 is 0 Å². The van der Waals surface area contributed by atoms with Crippen LogP contribution in [0.25, 0.3) is 0 Å². The molecule has 22 heavy (non-hydrogen) atoms. The molecule has 1 saturated heterocycles. The SMILES string of the molecule is CNC(=O)CC1CCN(S(=O)(=O)c2ccc(OC)c(F)c2)C1. The molecule has 2 rings (SSSR count). The van der Waals surface area contributed by atoms with Gasteiger partial charge in [0, 0.05) is 26.6 Å². The Hall–Kier alpha value is -1.67. The number of hydrogen-bond acceptors (Lipinski definition) is 4. The summed E-state index contributed by atoms with van der Waals surface area (Å²) in [5.41, 5.74) is 0. The van der Waals surface area contributed by atoms with Crippen LogP contribution in [0, 0.1) is 11.7 Å². The van der Waals surface area contributed by atoms with Crippen molar-refractivity contribution in [3.63, 3.8) is 0 Å². The summed E-state index contributed by atoms with van der Waals surface area (Å²) in [6, 6.07) is 3.57. The summed E-state index contributed by atoms with van der Waals surface area (Å²) >= 11 is 0. The highest BCUT2D eigenvalue weighted by Crippen LogP contribution is 2.28. The summed E-state index contributed by atoms with van der Waals surface area (Å²) in [6.07, 6.45) is 0.908. The second-order valence-corrected chi connectivity index (χ2v) is 7.13. The minimum atomic E-state index is -3.76. The Morgan fingerprint density at radius 3 is 2.82 bits per heavy atom. The van der Waals surface area contributed by atoms with Crippen molar-refractivity contribution in [1.29, 1.82) is 0 Å². The van der Waals surface area contributed by atoms with Gasteiger partial charge in [-0.05, 0) is 30.5 Å². The summed E-state index contributed by atoms with van der Waals surface area (Å²) in [7, 11) is -0.892. The number of hydrogen-bond donors (Lipinski definition) is 1. The smallest absolute Gasteiger partial charge is 0.243 e. The third kappa shape index (κ3) is 3.38. The van der Waals surface area contributed by atoms with Crippen molar-refractivity contribution in [3.05, 3.63) is 24.0 Å². The fourth-order valence-corrected chi connectivity index (χ4v) is 4.05. The molecule has 0 bridgehead atoms. The van der Waals surface area contributed by atoms with E-state index < -0.39 is 15.8 Å². The number of carbonyl (C=O) groups excluding carboxylic acids is 1. The largest absolute Gasteiger partial charge is 0.494 e. The Morgan fingerprint density at radius 1 is 1.50 bits per heavy atom. The third-order valence-electron chi connectivity index (χ3n) is 3.76. The molecule has 1 N–H and O–H groups in total. The van der Waals surface area contributed by atoms with Crippen LogP contribution in [0.3, 0.4) is 0 Å². The van der Waals surface area contributed by atoms with Crippen LogP contribution in [0.2, 0.25) is 0 Å². The van der Waals surface area contributed by atoms with Gasteiger partial charge in [-0.25, -0.2) is 12.8 Å². The molecular formula is C14H19FN2O4S. The van der Waals surface area contributed by atoms with Gasteiger partial charge in [0.25, 0.3) is 0 Å². The van der Waals surface area contributed by atoms with Crippen molar-refractivity contribution >= 4 is 15.9 Å². The van der Waals surface area contributed by atoms with Crippen molar-refractivity contribution in [3.8, 4) is 5.75 Å². The number of methoxy groups -OCH3 is 1. The Kier molecular flexibility index (Phi) is 5.02. The Morgan fingerprint density at radius 2 is 2.23 bits per heavy atom. The van der Waals surface area contributed by atoms with Gasteiger partial charge < -0.3 is 10.1 Å². The highest BCUT2D eigenvalue weighted by atomic mass is 32.2. The number of nitrogens with zero attached hydrogens (tertiary/aromatic N) is 1. The molecule has 1 amide bonds. The maximum absolute atomic E-state index is 13.7. The molecule has 0 saturated carbocycles. The number of carbonyl (C=O) groups is 1. The van der Waals surface area contributed by atoms with Gasteiger partial charge >= 0.3 is 0 Å². The first-order valence-electron chi connectivity index (χ1n) is 6.92. The zero-order valence-electron chi connectivity index (χ0n) is 12.5. The third-order valence-corrected chi connectivity index (χ3v) is 5.62. The Labute approximate surface area is 129 Å². The first-order chi connectivity index (χ1) is 10.4. The fraction of sp³-hybridized carbons (Fsp3) is 0.500. The van der Waals surface area contributed by atoms with Gasteiger partial charge in [0.1, 0.15) is 0 Å². The van der Waals surface area contributed by atoms with Crippen molar-refractivity contribution in [1.82, 2.24) is 9.62 Å². The van der Waals surface area contributed by atoms with E-state index in [2.05, 4.69) is 5.32 Å². The van der Waals surface area contributed by atoms with Crippen LogP contribution in [0.1, 0.15) is 12.8 Å². The number of sulfonamides is 1. The van der Waals surface area contributed by atoms with Crippen LogP contribution in [-0.4, -0.2) is 45.9 Å². The zero-order chi connectivity index (χ0) is 16.3. The summed E-state index contributed by atoms with van der Waals surface area (Å²) in [5, 5.41) is 2.53. The van der Waals surface area contributed by atoms with Gasteiger partial charge in [0.15, 0.2) is 11.6 Å². The second kappa shape index (κ2) is 6.62. The van der Waals surface area contributed by atoms with Crippen LogP contribution in [0.4, 0.5) is 4.39 Å². The number of nitrogens with one attached hydrogen (secondary N) is 1. The van der Waals surface area contributed by atoms with Crippen LogP contribution in [0.15, 0.2) is 23.1 Å². The molecule has 1 atom stereocenters. The van der Waals surface area contributed by atoms with Crippen LogP contribution in [0.5, 0.6) is 5.75 Å². The summed E-state index contributed by atoms with van der Waals surface area (Å²) in [4.78, 5) is 11.3. The first-order valence-corrected chi connectivity index (χ1v) is 8.36. The molecule has 0 aromatic heterocycles. The molecule has 1 aromatic rings. The molecule has 0 aliphatic carbocycles. The van der Waals surface area contributed by atoms with Crippen molar-refractivity contribution in [2.75, 3.05) is 27.2 Å². The van der Waals surface area contributed by atoms with E-state index in [0.717, 1.165) is 6.07 Å². The number of halogens is 1. The zero-order valence-corrected chi connectivity index (χ0v) is 13.3. The molecule has 6 nitrogen and oxygen atoms in total. The molecule has 1 heterocycles. The van der Waals surface area contributed by atoms with Crippen molar-refractivity contribution < 1.29 is 22.3 Å². The number of amides is 1. The first kappa shape index (κ1) is 16.7. The van der Waals surface area contributed by atoms with Crippen molar-refractivity contribution in [2.24, 2.45) is 5.92 Å². The molecule has 1 aromatic carbocycles. The van der Waals surface area contributed by atoms with Crippen LogP contribution < -0.4 is 10.1 Å². The normalized spacial score (nSPS) is 19.1. The number of rotatable bonds is 5. The Bertz CT molecular complexity index is 663. The van der Waals surface area contributed by atoms with Gasteiger partial charge in [-0.1, -0.05) is 0 Å². The van der Waals surface area contributed by atoms with E-state index in [-0.39, 0.29) is 29.0 Å². The highest BCUT2D eigenvalue weighted by molar-refractivity contribution is 7.89. The maximum Gasteiger partial charge on any atom is 0.243 e. The van der Waals surface area contributed by atoms with E-state index in [4.69, 9.17) is 4.74 Å². The van der Waals surface area contributed by atoms with E-state index in [9.17, 15) is 17.6 Å². The lowest BCUT2D eigenvalue weighted by Gasteiger charge is -2.17. The monoisotopic (exact) mass is 330 g/mol. The minimum absolute atomic E-state index is 0.00198. The summed E-state index contributed by atoms with van der Waals surface area (Å²) in [6.45, 7) is 0.598. The summed E-state index contributed by atoms with van der Waals surface area (Å²) in [5.74, 6) is -0.847. The van der Waals surface area contributed by atoms with E-state index >= 15 is 0 Å². The standard InChI is InChI=1S/C14H19FN2O4S/c1-16-14(18)7-10-5-6-17(9-10)22(19,20)11-3-4-13(21-2)12(15)8-11/h3-4,8,10H,5-7,9H2,1-2H3,(H,16,18). The molecule has 1 unspecified atom stereocenters. The topological polar surface area (TPSA) is 75.7 Å². The van der Waals surface area contributed by atoms with E-state index in [1.54, 1.807) is 7.05 Å². The predicted molar refractivity (Wildman–Crippen MR) is 78.5 cm³/mol. The van der Waals surface area contributed by atoms with Crippen LogP contribution in [-0.2, 0) is 14.8 Å². The van der Waals surface area contributed by atoms with E-state index in [1.165, 1.54) is 23.5 Å². The predicted octanol–water partition coefficient (Wildman–Crippen LogP) is 0.981.